The molecule has 1 aliphatic rings. The second-order valence-corrected chi connectivity index (χ2v) is 5.42. The summed E-state index contributed by atoms with van der Waals surface area (Å²) in [5.41, 5.74) is 0.769. The summed E-state index contributed by atoms with van der Waals surface area (Å²) < 4.78 is 16.0. The smallest absolute Gasteiger partial charge is 0.273 e. The fourth-order valence-corrected chi connectivity index (χ4v) is 2.31. The number of fused-ring (bicyclic) bond motifs is 1. The Bertz CT molecular complexity index is 807. The number of ether oxygens (including phenoxy) is 3. The molecule has 0 bridgehead atoms. The summed E-state index contributed by atoms with van der Waals surface area (Å²) in [7, 11) is 0. The number of carbonyl (C=O) groups excluding carboxylic acids is 1. The first kappa shape index (κ1) is 16.6. The minimum Gasteiger partial charge on any atom is -0.481 e. The van der Waals surface area contributed by atoms with Crippen molar-refractivity contribution < 1.29 is 23.9 Å². The standard InChI is InChI=1S/C17H16N2O6/c1-11(25-14-4-2-3-13(8-14)19(21)22)17(20)18-9-12-5-6-15-16(7-12)24-10-23-15/h2-8,11H,9-10H2,1H3,(H,18,20). The van der Waals surface area contributed by atoms with E-state index in [2.05, 4.69) is 5.32 Å². The number of nitrogens with zero attached hydrogens (tertiary/aromatic N) is 1. The van der Waals surface area contributed by atoms with Crippen molar-refractivity contribution >= 4 is 11.6 Å². The van der Waals surface area contributed by atoms with Gasteiger partial charge in [0.2, 0.25) is 6.79 Å². The van der Waals surface area contributed by atoms with Crippen molar-refractivity contribution in [1.29, 1.82) is 0 Å². The second-order valence-electron chi connectivity index (χ2n) is 5.42. The van der Waals surface area contributed by atoms with Crippen molar-refractivity contribution in [3.05, 3.63) is 58.1 Å². The molecule has 1 unspecified atom stereocenters. The van der Waals surface area contributed by atoms with E-state index in [1.54, 1.807) is 25.1 Å². The largest absolute Gasteiger partial charge is 0.481 e. The number of amides is 1. The van der Waals surface area contributed by atoms with Gasteiger partial charge in [0.15, 0.2) is 17.6 Å². The molecule has 0 saturated carbocycles. The average Bonchev–Trinajstić information content (AvgIpc) is 3.07. The fraction of sp³-hybridized carbons (Fsp3) is 0.235. The van der Waals surface area contributed by atoms with E-state index in [-0.39, 0.29) is 24.1 Å². The lowest BCUT2D eigenvalue weighted by atomic mass is 10.2. The van der Waals surface area contributed by atoms with Crippen molar-refractivity contribution in [3.8, 4) is 17.2 Å². The summed E-state index contributed by atoms with van der Waals surface area (Å²) >= 11 is 0. The van der Waals surface area contributed by atoms with Gasteiger partial charge in [-0.1, -0.05) is 12.1 Å². The highest BCUT2D eigenvalue weighted by atomic mass is 16.7. The highest BCUT2D eigenvalue weighted by Gasteiger charge is 2.17. The number of nitrogens with one attached hydrogen (secondary N) is 1. The molecule has 1 N–H and O–H groups in total. The number of nitro groups is 1. The molecule has 1 amide bonds. The van der Waals surface area contributed by atoms with E-state index in [0.29, 0.717) is 18.0 Å². The van der Waals surface area contributed by atoms with Crippen molar-refractivity contribution in [2.75, 3.05) is 6.79 Å². The Balaban J connectivity index is 1.56. The zero-order valence-electron chi connectivity index (χ0n) is 13.4. The Morgan fingerprint density at radius 3 is 2.88 bits per heavy atom. The third-order valence-corrected chi connectivity index (χ3v) is 3.61. The van der Waals surface area contributed by atoms with E-state index in [1.165, 1.54) is 18.2 Å². The Morgan fingerprint density at radius 2 is 2.08 bits per heavy atom. The molecule has 8 nitrogen and oxygen atoms in total. The summed E-state index contributed by atoms with van der Waals surface area (Å²) in [4.78, 5) is 22.4. The van der Waals surface area contributed by atoms with Gasteiger partial charge in [0.05, 0.1) is 11.0 Å². The van der Waals surface area contributed by atoms with E-state index < -0.39 is 11.0 Å². The number of nitro benzene ring substituents is 1. The van der Waals surface area contributed by atoms with Gasteiger partial charge >= 0.3 is 0 Å². The molecule has 8 heteroatoms. The van der Waals surface area contributed by atoms with Crippen LogP contribution in [0.3, 0.4) is 0 Å². The van der Waals surface area contributed by atoms with Crippen molar-refractivity contribution in [2.24, 2.45) is 0 Å². The van der Waals surface area contributed by atoms with E-state index in [4.69, 9.17) is 14.2 Å². The average molecular weight is 344 g/mol. The van der Waals surface area contributed by atoms with Crippen LogP contribution in [0.1, 0.15) is 12.5 Å². The lowest BCUT2D eigenvalue weighted by Gasteiger charge is -2.14. The van der Waals surface area contributed by atoms with Gasteiger partial charge in [-0.15, -0.1) is 0 Å². The number of non-ortho nitro benzene ring substituents is 1. The predicted molar refractivity (Wildman–Crippen MR) is 87.6 cm³/mol. The first-order chi connectivity index (χ1) is 12.0. The van der Waals surface area contributed by atoms with Crippen molar-refractivity contribution in [3.63, 3.8) is 0 Å². The Hall–Kier alpha value is -3.29. The normalized spacial score (nSPS) is 13.2. The highest BCUT2D eigenvalue weighted by Crippen LogP contribution is 2.32. The van der Waals surface area contributed by atoms with Crippen LogP contribution in [0.2, 0.25) is 0 Å². The summed E-state index contributed by atoms with van der Waals surface area (Å²) in [6, 6.07) is 11.1. The molecule has 0 fully saturated rings. The Labute approximate surface area is 143 Å². The Kier molecular flexibility index (Phi) is 4.69. The monoisotopic (exact) mass is 344 g/mol. The number of hydrogen-bond acceptors (Lipinski definition) is 6. The molecule has 0 saturated heterocycles. The lowest BCUT2D eigenvalue weighted by Crippen LogP contribution is -2.35. The zero-order valence-corrected chi connectivity index (χ0v) is 13.4. The molecule has 0 aliphatic carbocycles. The topological polar surface area (TPSA) is 99.9 Å². The molecule has 3 rings (SSSR count). The molecule has 1 heterocycles. The molecule has 0 aromatic heterocycles. The van der Waals surface area contributed by atoms with E-state index in [1.807, 2.05) is 6.07 Å². The predicted octanol–water partition coefficient (Wildman–Crippen LogP) is 2.41. The molecule has 1 aliphatic heterocycles. The molecule has 2 aromatic rings. The molecule has 2 aromatic carbocycles. The van der Waals surface area contributed by atoms with Crippen LogP contribution in [0.5, 0.6) is 17.2 Å². The number of benzene rings is 2. The van der Waals surface area contributed by atoms with Crippen LogP contribution in [0.25, 0.3) is 0 Å². The van der Waals surface area contributed by atoms with Gasteiger partial charge in [0.25, 0.3) is 11.6 Å². The van der Waals surface area contributed by atoms with Gasteiger partial charge in [0.1, 0.15) is 5.75 Å². The zero-order chi connectivity index (χ0) is 17.8. The highest BCUT2D eigenvalue weighted by molar-refractivity contribution is 5.80. The van der Waals surface area contributed by atoms with Crippen molar-refractivity contribution in [1.82, 2.24) is 5.32 Å². The van der Waals surface area contributed by atoms with Gasteiger partial charge in [-0.3, -0.25) is 14.9 Å². The van der Waals surface area contributed by atoms with Gasteiger partial charge < -0.3 is 19.5 Å². The summed E-state index contributed by atoms with van der Waals surface area (Å²) in [5, 5.41) is 13.5. The lowest BCUT2D eigenvalue weighted by molar-refractivity contribution is -0.384. The minimum absolute atomic E-state index is 0.0922. The quantitative estimate of drug-likeness (QED) is 0.638. The van der Waals surface area contributed by atoms with Crippen LogP contribution in [-0.2, 0) is 11.3 Å². The molecule has 0 radical (unpaired) electrons. The van der Waals surface area contributed by atoms with Crippen LogP contribution in [0.15, 0.2) is 42.5 Å². The third-order valence-electron chi connectivity index (χ3n) is 3.61. The molecule has 1 atom stereocenters. The Morgan fingerprint density at radius 1 is 1.28 bits per heavy atom. The maximum atomic E-state index is 12.1. The van der Waals surface area contributed by atoms with Crippen LogP contribution in [0, 0.1) is 10.1 Å². The second kappa shape index (κ2) is 7.08. The van der Waals surface area contributed by atoms with E-state index in [0.717, 1.165) is 5.56 Å². The molecule has 25 heavy (non-hydrogen) atoms. The van der Waals surface area contributed by atoms with E-state index in [9.17, 15) is 14.9 Å². The first-order valence-corrected chi connectivity index (χ1v) is 7.60. The molecular weight excluding hydrogens is 328 g/mol. The summed E-state index contributed by atoms with van der Waals surface area (Å²) in [6.45, 7) is 2.07. The van der Waals surface area contributed by atoms with Gasteiger partial charge in [-0.25, -0.2) is 0 Å². The van der Waals surface area contributed by atoms with Crippen LogP contribution < -0.4 is 19.5 Å². The molecule has 0 spiro atoms. The van der Waals surface area contributed by atoms with E-state index >= 15 is 0 Å². The van der Waals surface area contributed by atoms with Gasteiger partial charge in [0, 0.05) is 12.6 Å². The van der Waals surface area contributed by atoms with Crippen molar-refractivity contribution in [2.45, 2.75) is 19.6 Å². The number of carbonyl (C=O) groups is 1. The maximum absolute atomic E-state index is 12.1. The van der Waals surface area contributed by atoms with Crippen LogP contribution in [0.4, 0.5) is 5.69 Å². The fourth-order valence-electron chi connectivity index (χ4n) is 2.31. The number of rotatable bonds is 6. The number of hydrogen-bond donors (Lipinski definition) is 1. The van der Waals surface area contributed by atoms with Crippen LogP contribution >= 0.6 is 0 Å². The van der Waals surface area contributed by atoms with Gasteiger partial charge in [-0.2, -0.15) is 0 Å². The molecular formula is C17H16N2O6. The SMILES string of the molecule is CC(Oc1cccc([N+](=O)[O-])c1)C(=O)NCc1ccc2c(c1)OCO2. The molecule has 130 valence electrons. The van der Waals surface area contributed by atoms with Gasteiger partial charge in [-0.05, 0) is 30.7 Å². The minimum atomic E-state index is -0.795. The summed E-state index contributed by atoms with van der Waals surface area (Å²) in [5.74, 6) is 1.26. The maximum Gasteiger partial charge on any atom is 0.273 e. The van der Waals surface area contributed by atoms with Crippen LogP contribution in [-0.4, -0.2) is 23.7 Å². The third kappa shape index (κ3) is 3.97. The first-order valence-electron chi connectivity index (χ1n) is 7.60. The summed E-state index contributed by atoms with van der Waals surface area (Å²) in [6.07, 6.45) is -0.795.